The van der Waals surface area contributed by atoms with Gasteiger partial charge in [0.1, 0.15) is 0 Å². The van der Waals surface area contributed by atoms with E-state index >= 15 is 0 Å². The predicted molar refractivity (Wildman–Crippen MR) is 54.8 cm³/mol. The van der Waals surface area contributed by atoms with Crippen LogP contribution in [-0.2, 0) is 0 Å². The van der Waals surface area contributed by atoms with Crippen LogP contribution in [0.15, 0.2) is 36.5 Å². The standard InChI is InChI=1S/C11H7N3O/c12-7-14-11(15)9-3-4-10-8(6-9)2-1-5-13-10/h1-6H,(H,14,15). The summed E-state index contributed by atoms with van der Waals surface area (Å²) in [6.45, 7) is 0. The number of aromatic nitrogens is 1. The summed E-state index contributed by atoms with van der Waals surface area (Å²) in [6, 6.07) is 8.76. The number of rotatable bonds is 1. The van der Waals surface area contributed by atoms with Gasteiger partial charge in [-0.15, -0.1) is 0 Å². The molecule has 0 saturated carbocycles. The van der Waals surface area contributed by atoms with Crippen molar-refractivity contribution in [1.82, 2.24) is 10.3 Å². The quantitative estimate of drug-likeness (QED) is 0.555. The summed E-state index contributed by atoms with van der Waals surface area (Å²) in [4.78, 5) is 15.5. The Morgan fingerprint density at radius 2 is 2.27 bits per heavy atom. The van der Waals surface area contributed by atoms with Gasteiger partial charge in [0.2, 0.25) is 0 Å². The van der Waals surface area contributed by atoms with Gasteiger partial charge in [-0.2, -0.15) is 5.26 Å². The van der Waals surface area contributed by atoms with E-state index in [-0.39, 0.29) is 0 Å². The van der Waals surface area contributed by atoms with E-state index in [1.165, 1.54) is 0 Å². The molecule has 0 fully saturated rings. The lowest BCUT2D eigenvalue weighted by Crippen LogP contribution is -2.16. The minimum Gasteiger partial charge on any atom is -0.268 e. The first-order valence-corrected chi connectivity index (χ1v) is 4.35. The summed E-state index contributed by atoms with van der Waals surface area (Å²) in [5, 5.41) is 11.3. The number of nitriles is 1. The third-order valence-corrected chi connectivity index (χ3v) is 2.03. The molecule has 0 aliphatic rings. The Bertz CT molecular complexity index is 557. The van der Waals surface area contributed by atoms with E-state index in [0.717, 1.165) is 10.9 Å². The normalized spacial score (nSPS) is 9.53. The number of amides is 1. The first-order valence-electron chi connectivity index (χ1n) is 4.35. The van der Waals surface area contributed by atoms with Crippen molar-refractivity contribution in [3.05, 3.63) is 42.1 Å². The second-order valence-electron chi connectivity index (χ2n) is 2.98. The van der Waals surface area contributed by atoms with Crippen LogP contribution in [-0.4, -0.2) is 10.9 Å². The van der Waals surface area contributed by atoms with E-state index in [1.807, 2.05) is 6.07 Å². The lowest BCUT2D eigenvalue weighted by atomic mass is 10.1. The summed E-state index contributed by atoms with van der Waals surface area (Å²) in [5.41, 5.74) is 1.28. The van der Waals surface area contributed by atoms with Gasteiger partial charge in [-0.05, 0) is 24.3 Å². The SMILES string of the molecule is N#CNC(=O)c1ccc2ncccc2c1. The monoisotopic (exact) mass is 197 g/mol. The van der Waals surface area contributed by atoms with Crippen molar-refractivity contribution < 1.29 is 4.79 Å². The maximum absolute atomic E-state index is 11.3. The van der Waals surface area contributed by atoms with E-state index in [1.54, 1.807) is 36.7 Å². The Labute approximate surface area is 86.2 Å². The molecule has 1 N–H and O–H groups in total. The van der Waals surface area contributed by atoms with Crippen LogP contribution in [0.25, 0.3) is 10.9 Å². The van der Waals surface area contributed by atoms with Gasteiger partial charge in [0.15, 0.2) is 6.19 Å². The van der Waals surface area contributed by atoms with E-state index in [2.05, 4.69) is 10.3 Å². The predicted octanol–water partition coefficient (Wildman–Crippen LogP) is 1.45. The number of hydrogen-bond donors (Lipinski definition) is 1. The number of fused-ring (bicyclic) bond motifs is 1. The van der Waals surface area contributed by atoms with Crippen molar-refractivity contribution in [2.45, 2.75) is 0 Å². The fraction of sp³-hybridized carbons (Fsp3) is 0. The number of carbonyl (C=O) groups is 1. The molecule has 0 radical (unpaired) electrons. The average Bonchev–Trinajstić information content (AvgIpc) is 2.29. The maximum atomic E-state index is 11.3. The van der Waals surface area contributed by atoms with Gasteiger partial charge >= 0.3 is 0 Å². The molecule has 4 heteroatoms. The van der Waals surface area contributed by atoms with Gasteiger partial charge in [-0.3, -0.25) is 15.1 Å². The van der Waals surface area contributed by atoms with E-state index in [0.29, 0.717) is 5.56 Å². The Morgan fingerprint density at radius 1 is 1.40 bits per heavy atom. The topological polar surface area (TPSA) is 65.8 Å². The Balaban J connectivity index is 2.48. The summed E-state index contributed by atoms with van der Waals surface area (Å²) in [6.07, 6.45) is 3.29. The minimum absolute atomic E-state index is 0.400. The minimum atomic E-state index is -0.400. The van der Waals surface area contributed by atoms with Crippen LogP contribution in [0.1, 0.15) is 10.4 Å². The highest BCUT2D eigenvalue weighted by atomic mass is 16.1. The maximum Gasteiger partial charge on any atom is 0.264 e. The zero-order valence-electron chi connectivity index (χ0n) is 7.77. The molecule has 0 unspecified atom stereocenters. The van der Waals surface area contributed by atoms with Crippen molar-refractivity contribution in [3.63, 3.8) is 0 Å². The largest absolute Gasteiger partial charge is 0.268 e. The van der Waals surface area contributed by atoms with Crippen LogP contribution < -0.4 is 5.32 Å². The molecule has 1 amide bonds. The third-order valence-electron chi connectivity index (χ3n) is 2.03. The Kier molecular flexibility index (Phi) is 2.30. The summed E-state index contributed by atoms with van der Waals surface area (Å²) < 4.78 is 0. The highest BCUT2D eigenvalue weighted by molar-refractivity contribution is 5.98. The smallest absolute Gasteiger partial charge is 0.264 e. The molecule has 0 saturated heterocycles. The molecule has 0 aliphatic heterocycles. The Hall–Kier alpha value is -2.41. The summed E-state index contributed by atoms with van der Waals surface area (Å²) >= 11 is 0. The van der Waals surface area contributed by atoms with Gasteiger partial charge < -0.3 is 0 Å². The molecule has 0 bridgehead atoms. The molecule has 15 heavy (non-hydrogen) atoms. The van der Waals surface area contributed by atoms with Crippen LogP contribution >= 0.6 is 0 Å². The zero-order valence-corrected chi connectivity index (χ0v) is 7.77. The highest BCUT2D eigenvalue weighted by Crippen LogP contribution is 2.12. The number of benzene rings is 1. The van der Waals surface area contributed by atoms with Gasteiger partial charge in [0, 0.05) is 17.1 Å². The van der Waals surface area contributed by atoms with E-state index < -0.39 is 5.91 Å². The molecule has 0 atom stereocenters. The Morgan fingerprint density at radius 3 is 3.07 bits per heavy atom. The highest BCUT2D eigenvalue weighted by Gasteiger charge is 2.04. The number of hydrogen-bond acceptors (Lipinski definition) is 3. The fourth-order valence-electron chi connectivity index (χ4n) is 1.34. The number of nitrogens with one attached hydrogen (secondary N) is 1. The number of pyridine rings is 1. The average molecular weight is 197 g/mol. The van der Waals surface area contributed by atoms with Crippen LogP contribution in [0.4, 0.5) is 0 Å². The van der Waals surface area contributed by atoms with Crippen LogP contribution in [0, 0.1) is 11.5 Å². The molecule has 72 valence electrons. The molecule has 0 aliphatic carbocycles. The lowest BCUT2D eigenvalue weighted by molar-refractivity contribution is 0.0973. The van der Waals surface area contributed by atoms with E-state index in [9.17, 15) is 4.79 Å². The number of nitrogens with zero attached hydrogens (tertiary/aromatic N) is 2. The second kappa shape index (κ2) is 3.76. The molecule has 4 nitrogen and oxygen atoms in total. The van der Waals surface area contributed by atoms with Crippen molar-refractivity contribution in [3.8, 4) is 6.19 Å². The molecule has 2 aromatic rings. The first-order chi connectivity index (χ1) is 7.31. The molecule has 0 spiro atoms. The van der Waals surface area contributed by atoms with Crippen molar-refractivity contribution in [1.29, 1.82) is 5.26 Å². The van der Waals surface area contributed by atoms with Crippen LogP contribution in [0.5, 0.6) is 0 Å². The summed E-state index contributed by atoms with van der Waals surface area (Å²) in [7, 11) is 0. The van der Waals surface area contributed by atoms with Gasteiger partial charge in [-0.1, -0.05) is 6.07 Å². The van der Waals surface area contributed by atoms with Gasteiger partial charge in [0.25, 0.3) is 5.91 Å². The van der Waals surface area contributed by atoms with Crippen LogP contribution in [0.3, 0.4) is 0 Å². The van der Waals surface area contributed by atoms with E-state index in [4.69, 9.17) is 5.26 Å². The third kappa shape index (κ3) is 1.76. The molecular formula is C11H7N3O. The van der Waals surface area contributed by atoms with Crippen LogP contribution in [0.2, 0.25) is 0 Å². The van der Waals surface area contributed by atoms with Crippen molar-refractivity contribution in [2.24, 2.45) is 0 Å². The molecule has 1 aromatic heterocycles. The van der Waals surface area contributed by atoms with Gasteiger partial charge in [-0.25, -0.2) is 0 Å². The number of carbonyl (C=O) groups excluding carboxylic acids is 1. The summed E-state index contributed by atoms with van der Waals surface area (Å²) in [5.74, 6) is -0.400. The second-order valence-corrected chi connectivity index (χ2v) is 2.98. The molecule has 1 heterocycles. The molecular weight excluding hydrogens is 190 g/mol. The fourth-order valence-corrected chi connectivity index (χ4v) is 1.34. The lowest BCUT2D eigenvalue weighted by Gasteiger charge is -2.00. The zero-order chi connectivity index (χ0) is 10.7. The van der Waals surface area contributed by atoms with Crippen molar-refractivity contribution in [2.75, 3.05) is 0 Å². The molecule has 1 aromatic carbocycles. The van der Waals surface area contributed by atoms with Crippen molar-refractivity contribution >= 4 is 16.8 Å². The van der Waals surface area contributed by atoms with Gasteiger partial charge in [0.05, 0.1) is 5.52 Å². The first kappa shape index (κ1) is 9.16. The molecule has 2 rings (SSSR count).